The highest BCUT2D eigenvalue weighted by Crippen LogP contribution is 2.30. The molecular weight excluding hydrogens is 249 g/mol. The van der Waals surface area contributed by atoms with Gasteiger partial charge in [0.2, 0.25) is 0 Å². The highest BCUT2D eigenvalue weighted by atomic mass is 35.5. The maximum atomic E-state index is 6.13. The zero-order chi connectivity index (χ0) is 11.5. The molecule has 0 aromatic heterocycles. The van der Waals surface area contributed by atoms with E-state index in [1.165, 1.54) is 0 Å². The molecule has 0 spiro atoms. The fraction of sp³-hybridized carbons (Fsp3) is 0.364. The largest absolute Gasteiger partial charge is 0.496 e. The third kappa shape index (κ3) is 2.11. The van der Waals surface area contributed by atoms with E-state index in [4.69, 9.17) is 32.8 Å². The molecule has 0 fully saturated rings. The lowest BCUT2D eigenvalue weighted by Gasteiger charge is -2.08. The van der Waals surface area contributed by atoms with Crippen molar-refractivity contribution in [3.63, 3.8) is 0 Å². The number of hydrogen-bond acceptors (Lipinski definition) is 3. The molecule has 0 radical (unpaired) electrons. The van der Waals surface area contributed by atoms with Crippen molar-refractivity contribution in [3.05, 3.63) is 28.8 Å². The van der Waals surface area contributed by atoms with Crippen LogP contribution in [0.15, 0.2) is 23.4 Å². The Labute approximate surface area is 104 Å². The molecule has 1 aromatic rings. The zero-order valence-corrected chi connectivity index (χ0v) is 10.3. The SMILES string of the molecule is COc1cccc(Cl)c1C1=NOC(CCl)C1. The second-order valence-electron chi connectivity index (χ2n) is 3.44. The number of methoxy groups -OCH3 is 1. The van der Waals surface area contributed by atoms with Crippen LogP contribution in [0.4, 0.5) is 0 Å². The van der Waals surface area contributed by atoms with Crippen LogP contribution in [-0.2, 0) is 4.84 Å². The molecule has 2 rings (SSSR count). The number of halogens is 2. The normalized spacial score (nSPS) is 19.2. The molecule has 5 heteroatoms. The van der Waals surface area contributed by atoms with Gasteiger partial charge in [0, 0.05) is 6.42 Å². The summed E-state index contributed by atoms with van der Waals surface area (Å²) in [6, 6.07) is 5.48. The van der Waals surface area contributed by atoms with Crippen molar-refractivity contribution in [1.82, 2.24) is 0 Å². The van der Waals surface area contributed by atoms with Crippen LogP contribution in [0.3, 0.4) is 0 Å². The Morgan fingerprint density at radius 2 is 2.38 bits per heavy atom. The van der Waals surface area contributed by atoms with Crippen LogP contribution in [-0.4, -0.2) is 24.8 Å². The van der Waals surface area contributed by atoms with E-state index in [1.807, 2.05) is 12.1 Å². The first-order chi connectivity index (χ1) is 7.76. The number of alkyl halides is 1. The number of rotatable bonds is 3. The monoisotopic (exact) mass is 259 g/mol. The molecular formula is C11H11Cl2NO2. The van der Waals surface area contributed by atoms with Gasteiger partial charge in [0.15, 0.2) is 0 Å². The number of nitrogens with zero attached hydrogens (tertiary/aromatic N) is 1. The molecule has 0 amide bonds. The fourth-order valence-electron chi connectivity index (χ4n) is 1.61. The molecule has 1 aliphatic rings. The first-order valence-electron chi connectivity index (χ1n) is 4.87. The van der Waals surface area contributed by atoms with Crippen molar-refractivity contribution in [2.45, 2.75) is 12.5 Å². The average Bonchev–Trinajstić information content (AvgIpc) is 2.76. The third-order valence-electron chi connectivity index (χ3n) is 2.39. The van der Waals surface area contributed by atoms with Gasteiger partial charge in [-0.15, -0.1) is 11.6 Å². The molecule has 16 heavy (non-hydrogen) atoms. The van der Waals surface area contributed by atoms with Crippen LogP contribution in [0.25, 0.3) is 0 Å². The highest BCUT2D eigenvalue weighted by Gasteiger charge is 2.25. The van der Waals surface area contributed by atoms with E-state index in [2.05, 4.69) is 5.16 Å². The molecule has 3 nitrogen and oxygen atoms in total. The van der Waals surface area contributed by atoms with Crippen molar-refractivity contribution < 1.29 is 9.57 Å². The molecule has 0 N–H and O–H groups in total. The van der Waals surface area contributed by atoms with E-state index in [-0.39, 0.29) is 6.10 Å². The quantitative estimate of drug-likeness (QED) is 0.782. The minimum Gasteiger partial charge on any atom is -0.496 e. The highest BCUT2D eigenvalue weighted by molar-refractivity contribution is 6.34. The van der Waals surface area contributed by atoms with Crippen molar-refractivity contribution >= 4 is 28.9 Å². The summed E-state index contributed by atoms with van der Waals surface area (Å²) in [4.78, 5) is 5.17. The van der Waals surface area contributed by atoms with Crippen LogP contribution in [0, 0.1) is 0 Å². The van der Waals surface area contributed by atoms with Crippen molar-refractivity contribution in [1.29, 1.82) is 0 Å². The van der Waals surface area contributed by atoms with E-state index in [1.54, 1.807) is 13.2 Å². The summed E-state index contributed by atoms with van der Waals surface area (Å²) in [6.45, 7) is 0. The second-order valence-corrected chi connectivity index (χ2v) is 4.16. The third-order valence-corrected chi connectivity index (χ3v) is 3.05. The molecule has 1 unspecified atom stereocenters. The smallest absolute Gasteiger partial charge is 0.146 e. The van der Waals surface area contributed by atoms with Crippen LogP contribution in [0.2, 0.25) is 5.02 Å². The number of hydrogen-bond donors (Lipinski definition) is 0. The van der Waals surface area contributed by atoms with Gasteiger partial charge in [-0.25, -0.2) is 0 Å². The Balaban J connectivity index is 2.34. The minimum atomic E-state index is -0.0716. The summed E-state index contributed by atoms with van der Waals surface area (Å²) in [5.41, 5.74) is 1.58. The van der Waals surface area contributed by atoms with Crippen molar-refractivity contribution in [3.8, 4) is 5.75 Å². The van der Waals surface area contributed by atoms with Crippen LogP contribution >= 0.6 is 23.2 Å². The first kappa shape index (κ1) is 11.6. The van der Waals surface area contributed by atoms with E-state index < -0.39 is 0 Å². The molecule has 1 aromatic carbocycles. The minimum absolute atomic E-state index is 0.0716. The average molecular weight is 260 g/mol. The van der Waals surface area contributed by atoms with E-state index in [0.29, 0.717) is 23.1 Å². The Kier molecular flexibility index (Phi) is 3.56. The van der Waals surface area contributed by atoms with Gasteiger partial charge in [-0.2, -0.15) is 0 Å². The summed E-state index contributed by atoms with van der Waals surface area (Å²) in [7, 11) is 1.60. The lowest BCUT2D eigenvalue weighted by Crippen LogP contribution is -2.10. The van der Waals surface area contributed by atoms with Crippen molar-refractivity contribution in [2.75, 3.05) is 13.0 Å². The Morgan fingerprint density at radius 1 is 1.56 bits per heavy atom. The molecule has 1 atom stereocenters. The Hall–Kier alpha value is -0.930. The lowest BCUT2D eigenvalue weighted by atomic mass is 10.0. The summed E-state index contributed by atoms with van der Waals surface area (Å²) < 4.78 is 5.25. The molecule has 1 aliphatic heterocycles. The standard InChI is InChI=1S/C11H11Cl2NO2/c1-15-10-4-2-3-8(13)11(10)9-5-7(6-12)16-14-9/h2-4,7H,5-6H2,1H3. The molecule has 86 valence electrons. The molecule has 0 bridgehead atoms. The lowest BCUT2D eigenvalue weighted by molar-refractivity contribution is 0.102. The van der Waals surface area contributed by atoms with E-state index in [0.717, 1.165) is 11.3 Å². The molecule has 1 heterocycles. The maximum Gasteiger partial charge on any atom is 0.146 e. The van der Waals surface area contributed by atoms with Gasteiger partial charge >= 0.3 is 0 Å². The van der Waals surface area contributed by atoms with E-state index >= 15 is 0 Å². The van der Waals surface area contributed by atoms with Crippen LogP contribution in [0.1, 0.15) is 12.0 Å². The van der Waals surface area contributed by atoms with Crippen LogP contribution in [0.5, 0.6) is 5.75 Å². The van der Waals surface area contributed by atoms with Gasteiger partial charge in [-0.05, 0) is 12.1 Å². The summed E-state index contributed by atoms with van der Waals surface area (Å²) in [5.74, 6) is 1.12. The summed E-state index contributed by atoms with van der Waals surface area (Å²) >= 11 is 11.8. The predicted octanol–water partition coefficient (Wildman–Crippen LogP) is 3.08. The molecule has 0 saturated heterocycles. The topological polar surface area (TPSA) is 30.8 Å². The van der Waals surface area contributed by atoms with Gasteiger partial charge in [0.05, 0.1) is 29.3 Å². The number of ether oxygens (including phenoxy) is 1. The maximum absolute atomic E-state index is 6.13. The van der Waals surface area contributed by atoms with Crippen molar-refractivity contribution in [2.24, 2.45) is 5.16 Å². The first-order valence-corrected chi connectivity index (χ1v) is 5.79. The van der Waals surface area contributed by atoms with Gasteiger partial charge in [0.1, 0.15) is 11.9 Å². The van der Waals surface area contributed by atoms with Gasteiger partial charge < -0.3 is 9.57 Å². The number of benzene rings is 1. The van der Waals surface area contributed by atoms with Gasteiger partial charge in [-0.1, -0.05) is 22.8 Å². The molecule has 0 aliphatic carbocycles. The second kappa shape index (κ2) is 4.93. The van der Waals surface area contributed by atoms with Gasteiger partial charge in [0.25, 0.3) is 0 Å². The Bertz CT molecular complexity index is 420. The summed E-state index contributed by atoms with van der Waals surface area (Å²) in [6.07, 6.45) is 0.585. The summed E-state index contributed by atoms with van der Waals surface area (Å²) in [5, 5.41) is 4.60. The van der Waals surface area contributed by atoms with Crippen LogP contribution < -0.4 is 4.74 Å². The Morgan fingerprint density at radius 3 is 3.00 bits per heavy atom. The molecule has 0 saturated carbocycles. The number of oxime groups is 1. The predicted molar refractivity (Wildman–Crippen MR) is 64.8 cm³/mol. The van der Waals surface area contributed by atoms with Gasteiger partial charge in [-0.3, -0.25) is 0 Å². The van der Waals surface area contributed by atoms with E-state index in [9.17, 15) is 0 Å². The fourth-order valence-corrected chi connectivity index (χ4v) is 2.05. The zero-order valence-electron chi connectivity index (χ0n) is 8.74.